The lowest BCUT2D eigenvalue weighted by Gasteiger charge is -2.43. The Morgan fingerprint density at radius 1 is 0.917 bits per heavy atom. The molecular weight excluding hydrogens is 316 g/mol. The van der Waals surface area contributed by atoms with Crippen LogP contribution in [0.15, 0.2) is 72.8 Å². The molecule has 124 valence electrons. The summed E-state index contributed by atoms with van der Waals surface area (Å²) in [5.74, 6) is -0.349. The third-order valence-electron chi connectivity index (χ3n) is 4.33. The predicted octanol–water partition coefficient (Wildman–Crippen LogP) is 3.00. The molecule has 3 rings (SSSR count). The molecule has 0 radical (unpaired) electrons. The minimum Gasteiger partial charge on any atom is -0.430 e. The highest BCUT2D eigenvalue weighted by molar-refractivity contribution is 6.99. The lowest BCUT2D eigenvalue weighted by Crippen LogP contribution is -2.67. The molecule has 0 aromatic heterocycles. The molecule has 0 amide bonds. The number of ether oxygens (including phenoxy) is 1. The summed E-state index contributed by atoms with van der Waals surface area (Å²) >= 11 is 0. The van der Waals surface area contributed by atoms with E-state index in [1.807, 2.05) is 36.4 Å². The molecule has 0 N–H and O–H groups in total. The number of esters is 1. The molecule has 1 atom stereocenters. The van der Waals surface area contributed by atoms with Crippen molar-refractivity contribution in [2.45, 2.75) is 32.1 Å². The molecule has 4 heteroatoms. The van der Waals surface area contributed by atoms with Crippen LogP contribution in [0.3, 0.4) is 0 Å². The third-order valence-corrected chi connectivity index (χ3v) is 9.32. The van der Waals surface area contributed by atoms with Crippen molar-refractivity contribution in [2.75, 3.05) is 0 Å². The van der Waals surface area contributed by atoms with Crippen LogP contribution in [0, 0.1) is 0 Å². The van der Waals surface area contributed by atoms with Gasteiger partial charge in [-0.05, 0) is 21.5 Å². The molecule has 0 unspecified atom stereocenters. The summed E-state index contributed by atoms with van der Waals surface area (Å²) in [6.45, 7) is 6.58. The number of rotatable bonds is 4. The second-order valence-electron chi connectivity index (χ2n) is 6.95. The van der Waals surface area contributed by atoms with Crippen molar-refractivity contribution in [3.05, 3.63) is 72.8 Å². The second kappa shape index (κ2) is 6.38. The van der Waals surface area contributed by atoms with Gasteiger partial charge in [0.15, 0.2) is 0 Å². The van der Waals surface area contributed by atoms with Crippen LogP contribution in [-0.2, 0) is 14.0 Å². The Morgan fingerprint density at radius 2 is 1.42 bits per heavy atom. The minimum atomic E-state index is -2.67. The number of carbonyl (C=O) groups is 1. The van der Waals surface area contributed by atoms with Gasteiger partial charge in [0.2, 0.25) is 6.29 Å². The van der Waals surface area contributed by atoms with Gasteiger partial charge in [-0.3, -0.25) is 0 Å². The van der Waals surface area contributed by atoms with Crippen LogP contribution in [0.5, 0.6) is 0 Å². The van der Waals surface area contributed by atoms with E-state index in [4.69, 9.17) is 9.16 Å². The van der Waals surface area contributed by atoms with Crippen molar-refractivity contribution in [3.8, 4) is 0 Å². The van der Waals surface area contributed by atoms with E-state index in [2.05, 4.69) is 45.0 Å². The van der Waals surface area contributed by atoms with Gasteiger partial charge in [0.1, 0.15) is 0 Å². The average Bonchev–Trinajstić information content (AvgIpc) is 2.98. The maximum atomic E-state index is 11.5. The fourth-order valence-corrected chi connectivity index (χ4v) is 7.77. The van der Waals surface area contributed by atoms with E-state index in [0.29, 0.717) is 0 Å². The number of cyclic esters (lactones) is 1. The lowest BCUT2D eigenvalue weighted by molar-refractivity contribution is -0.148. The van der Waals surface area contributed by atoms with Crippen LogP contribution >= 0.6 is 0 Å². The Hall–Kier alpha value is -2.17. The van der Waals surface area contributed by atoms with E-state index < -0.39 is 14.6 Å². The molecule has 0 bridgehead atoms. The molecule has 1 aliphatic rings. The Balaban J connectivity index is 2.17. The van der Waals surface area contributed by atoms with Gasteiger partial charge in [0, 0.05) is 6.08 Å². The van der Waals surface area contributed by atoms with Gasteiger partial charge >= 0.3 is 5.97 Å². The smallest absolute Gasteiger partial charge is 0.333 e. The molecule has 2 aromatic carbocycles. The molecule has 0 spiro atoms. The molecule has 2 aromatic rings. The first-order valence-electron chi connectivity index (χ1n) is 8.11. The highest BCUT2D eigenvalue weighted by atomic mass is 28.4. The summed E-state index contributed by atoms with van der Waals surface area (Å²) in [7, 11) is -2.67. The van der Waals surface area contributed by atoms with E-state index in [-0.39, 0.29) is 11.0 Å². The Kier molecular flexibility index (Phi) is 4.43. The van der Waals surface area contributed by atoms with Gasteiger partial charge < -0.3 is 9.16 Å². The van der Waals surface area contributed by atoms with Crippen molar-refractivity contribution in [1.29, 1.82) is 0 Å². The third kappa shape index (κ3) is 2.95. The van der Waals surface area contributed by atoms with Gasteiger partial charge in [0.05, 0.1) is 0 Å². The van der Waals surface area contributed by atoms with Crippen molar-refractivity contribution in [3.63, 3.8) is 0 Å². The SMILES string of the molecule is CC(C)(C)[Si](O[C@@H]1C=CC(=O)O1)(c1ccccc1)c1ccccc1. The summed E-state index contributed by atoms with van der Waals surface area (Å²) in [6, 6.07) is 20.6. The Bertz CT molecular complexity index is 693. The summed E-state index contributed by atoms with van der Waals surface area (Å²) in [5.41, 5.74) is 0. The van der Waals surface area contributed by atoms with Crippen molar-refractivity contribution < 1.29 is 14.0 Å². The summed E-state index contributed by atoms with van der Waals surface area (Å²) in [6.07, 6.45) is 2.49. The summed E-state index contributed by atoms with van der Waals surface area (Å²) in [5, 5.41) is 2.19. The molecule has 0 saturated carbocycles. The normalized spacial score (nSPS) is 17.8. The first kappa shape index (κ1) is 16.7. The molecular formula is C20H22O3Si. The second-order valence-corrected chi connectivity index (χ2v) is 11.2. The van der Waals surface area contributed by atoms with E-state index in [9.17, 15) is 4.79 Å². The van der Waals surface area contributed by atoms with Gasteiger partial charge in [-0.2, -0.15) is 0 Å². The fraction of sp³-hybridized carbons (Fsp3) is 0.250. The zero-order valence-electron chi connectivity index (χ0n) is 14.2. The Morgan fingerprint density at radius 3 is 1.79 bits per heavy atom. The van der Waals surface area contributed by atoms with Crippen LogP contribution in [-0.4, -0.2) is 20.6 Å². The number of benzene rings is 2. The van der Waals surface area contributed by atoms with Crippen LogP contribution < -0.4 is 10.4 Å². The van der Waals surface area contributed by atoms with Crippen LogP contribution in [0.4, 0.5) is 0 Å². The highest BCUT2D eigenvalue weighted by Crippen LogP contribution is 2.38. The Labute approximate surface area is 144 Å². The summed E-state index contributed by atoms with van der Waals surface area (Å²) in [4.78, 5) is 11.5. The minimum absolute atomic E-state index is 0.140. The van der Waals surface area contributed by atoms with Crippen molar-refractivity contribution in [2.24, 2.45) is 0 Å². The quantitative estimate of drug-likeness (QED) is 0.635. The van der Waals surface area contributed by atoms with E-state index in [1.54, 1.807) is 6.08 Å². The van der Waals surface area contributed by atoms with Crippen molar-refractivity contribution >= 4 is 24.7 Å². The highest BCUT2D eigenvalue weighted by Gasteiger charge is 2.52. The largest absolute Gasteiger partial charge is 0.430 e. The molecule has 24 heavy (non-hydrogen) atoms. The van der Waals surface area contributed by atoms with E-state index in [0.717, 1.165) is 0 Å². The standard InChI is InChI=1S/C20H22O3Si/c1-20(2,3)24(16-10-6-4-7-11-16,17-12-8-5-9-13-17)23-19-15-14-18(21)22-19/h4-15,19H,1-3H3/t19-/m1/s1. The maximum absolute atomic E-state index is 11.5. The number of hydrogen-bond donors (Lipinski definition) is 0. The van der Waals surface area contributed by atoms with Gasteiger partial charge in [0.25, 0.3) is 8.32 Å². The van der Waals surface area contributed by atoms with Crippen LogP contribution in [0.25, 0.3) is 0 Å². The van der Waals surface area contributed by atoms with E-state index >= 15 is 0 Å². The zero-order chi connectivity index (χ0) is 17.2. The van der Waals surface area contributed by atoms with Gasteiger partial charge in [-0.15, -0.1) is 0 Å². The first-order chi connectivity index (χ1) is 11.4. The molecule has 1 aliphatic heterocycles. The fourth-order valence-electron chi connectivity index (χ4n) is 3.28. The molecule has 0 fully saturated rings. The topological polar surface area (TPSA) is 35.5 Å². The van der Waals surface area contributed by atoms with Crippen molar-refractivity contribution in [1.82, 2.24) is 0 Å². The van der Waals surface area contributed by atoms with Crippen LogP contribution in [0.2, 0.25) is 5.04 Å². The van der Waals surface area contributed by atoms with Gasteiger partial charge in [-0.1, -0.05) is 81.4 Å². The van der Waals surface area contributed by atoms with Crippen LogP contribution in [0.1, 0.15) is 20.8 Å². The first-order valence-corrected chi connectivity index (χ1v) is 10.0. The molecule has 1 heterocycles. The van der Waals surface area contributed by atoms with Gasteiger partial charge in [-0.25, -0.2) is 4.79 Å². The maximum Gasteiger partial charge on any atom is 0.333 e. The number of hydrogen-bond acceptors (Lipinski definition) is 3. The lowest BCUT2D eigenvalue weighted by atomic mass is 10.2. The molecule has 3 nitrogen and oxygen atoms in total. The monoisotopic (exact) mass is 338 g/mol. The average molecular weight is 338 g/mol. The molecule has 0 aliphatic carbocycles. The molecule has 0 saturated heterocycles. The summed E-state index contributed by atoms with van der Waals surface area (Å²) < 4.78 is 11.9. The van der Waals surface area contributed by atoms with E-state index in [1.165, 1.54) is 16.4 Å². The predicted molar refractivity (Wildman–Crippen MR) is 97.7 cm³/mol. The number of carbonyl (C=O) groups excluding carboxylic acids is 1. The zero-order valence-corrected chi connectivity index (χ0v) is 15.2.